The Labute approximate surface area is 143 Å². The Morgan fingerprint density at radius 3 is 2.79 bits per heavy atom. The van der Waals surface area contributed by atoms with Gasteiger partial charge in [0.2, 0.25) is 0 Å². The summed E-state index contributed by atoms with van der Waals surface area (Å²) in [7, 11) is 2.19. The average Bonchev–Trinajstić information content (AvgIpc) is 2.97. The van der Waals surface area contributed by atoms with E-state index in [2.05, 4.69) is 48.0 Å². The van der Waals surface area contributed by atoms with E-state index in [1.165, 1.54) is 11.3 Å². The Hall–Kier alpha value is -1.10. The third-order valence-electron chi connectivity index (χ3n) is 8.46. The lowest BCUT2D eigenvalue weighted by Gasteiger charge is -2.62. The van der Waals surface area contributed by atoms with Crippen LogP contribution >= 0.6 is 0 Å². The number of hydrogen-bond acceptors (Lipinski definition) is 4. The van der Waals surface area contributed by atoms with Gasteiger partial charge in [0, 0.05) is 42.1 Å². The number of nitrogens with zero attached hydrogens (tertiary/aromatic N) is 2. The number of piperidine rings is 4. The lowest BCUT2D eigenvalue weighted by Crippen LogP contribution is -2.72. The summed E-state index contributed by atoms with van der Waals surface area (Å²) in [6.45, 7) is 2.19. The summed E-state index contributed by atoms with van der Waals surface area (Å²) < 4.78 is 0. The van der Waals surface area contributed by atoms with Gasteiger partial charge in [0.15, 0.2) is 0 Å². The van der Waals surface area contributed by atoms with E-state index in [-0.39, 0.29) is 17.7 Å². The van der Waals surface area contributed by atoms with E-state index in [1.54, 1.807) is 0 Å². The van der Waals surface area contributed by atoms with Crippen molar-refractivity contribution in [3.8, 4) is 0 Å². The van der Waals surface area contributed by atoms with Crippen LogP contribution in [0, 0.1) is 17.8 Å². The quantitative estimate of drug-likeness (QED) is 0.822. The van der Waals surface area contributed by atoms with Crippen molar-refractivity contribution >= 4 is 5.69 Å². The van der Waals surface area contributed by atoms with Crippen molar-refractivity contribution in [2.24, 2.45) is 17.8 Å². The minimum Gasteiger partial charge on any atom is -0.392 e. The van der Waals surface area contributed by atoms with E-state index in [0.717, 1.165) is 19.3 Å². The molecule has 24 heavy (non-hydrogen) atoms. The SMILES string of the molecule is CCC1C2CC3[C@@H]4N(C)c5ccccc5C45CC(C2[C@H]5O)N3[C@@H]1O. The summed E-state index contributed by atoms with van der Waals surface area (Å²) in [5.74, 6) is 1.14. The van der Waals surface area contributed by atoms with E-state index in [1.807, 2.05) is 0 Å². The normalized spacial score (nSPS) is 55.8. The Balaban J connectivity index is 1.60. The molecular formula is C20H26N2O2. The van der Waals surface area contributed by atoms with E-state index in [0.29, 0.717) is 35.9 Å². The molecule has 2 N–H and O–H groups in total. The third-order valence-corrected chi connectivity index (χ3v) is 8.46. The molecule has 10 atom stereocenters. The zero-order valence-corrected chi connectivity index (χ0v) is 14.3. The van der Waals surface area contributed by atoms with Gasteiger partial charge < -0.3 is 15.1 Å². The first-order valence-electron chi connectivity index (χ1n) is 9.57. The topological polar surface area (TPSA) is 46.9 Å². The van der Waals surface area contributed by atoms with Gasteiger partial charge in [-0.05, 0) is 36.8 Å². The lowest BCUT2D eigenvalue weighted by atomic mass is 9.62. The highest BCUT2D eigenvalue weighted by Crippen LogP contribution is 2.68. The third kappa shape index (κ3) is 1.20. The van der Waals surface area contributed by atoms with Gasteiger partial charge in [0.05, 0.1) is 12.1 Å². The first-order valence-corrected chi connectivity index (χ1v) is 9.57. The second kappa shape index (κ2) is 4.17. The number of hydrogen-bond donors (Lipinski definition) is 2. The summed E-state index contributed by atoms with van der Waals surface area (Å²) in [6.07, 6.45) is 2.56. The van der Waals surface area contributed by atoms with Crippen molar-refractivity contribution in [2.75, 3.05) is 11.9 Å². The van der Waals surface area contributed by atoms with E-state index >= 15 is 0 Å². The second-order valence-corrected chi connectivity index (χ2v) is 8.81. The van der Waals surface area contributed by atoms with Gasteiger partial charge in [-0.3, -0.25) is 4.90 Å². The molecule has 0 amide bonds. The van der Waals surface area contributed by atoms with Crippen LogP contribution in [0.1, 0.15) is 31.7 Å². The molecular weight excluding hydrogens is 300 g/mol. The van der Waals surface area contributed by atoms with Crippen molar-refractivity contribution < 1.29 is 10.2 Å². The first-order chi connectivity index (χ1) is 11.6. The molecule has 4 nitrogen and oxygen atoms in total. The number of aliphatic hydroxyl groups excluding tert-OH is 2. The molecule has 1 spiro atoms. The largest absolute Gasteiger partial charge is 0.392 e. The van der Waals surface area contributed by atoms with Crippen LogP contribution in [0.5, 0.6) is 0 Å². The summed E-state index contributed by atoms with van der Waals surface area (Å²) >= 11 is 0. The molecule has 4 saturated heterocycles. The fourth-order valence-electron chi connectivity index (χ4n) is 7.88. The first kappa shape index (κ1) is 14.1. The zero-order valence-electron chi connectivity index (χ0n) is 14.3. The van der Waals surface area contributed by atoms with Crippen LogP contribution in [0.4, 0.5) is 5.69 Å². The number of benzene rings is 1. The minimum atomic E-state index is -0.319. The van der Waals surface area contributed by atoms with Gasteiger partial charge in [-0.2, -0.15) is 0 Å². The van der Waals surface area contributed by atoms with Crippen LogP contribution in [-0.4, -0.2) is 52.6 Å². The number of fused-ring (bicyclic) bond motifs is 2. The average molecular weight is 326 g/mol. The summed E-state index contributed by atoms with van der Waals surface area (Å²) in [5.41, 5.74) is 2.51. The van der Waals surface area contributed by atoms with Crippen molar-refractivity contribution in [1.29, 1.82) is 0 Å². The Morgan fingerprint density at radius 2 is 2.00 bits per heavy atom. The zero-order chi connectivity index (χ0) is 16.4. The van der Waals surface area contributed by atoms with Crippen molar-refractivity contribution in [3.63, 3.8) is 0 Å². The Kier molecular flexibility index (Phi) is 2.45. The molecule has 5 bridgehead atoms. The van der Waals surface area contributed by atoms with Gasteiger partial charge in [-0.1, -0.05) is 25.1 Å². The second-order valence-electron chi connectivity index (χ2n) is 8.81. The lowest BCUT2D eigenvalue weighted by molar-refractivity contribution is -0.211. The summed E-state index contributed by atoms with van der Waals surface area (Å²) in [5, 5.41) is 22.6. The minimum absolute atomic E-state index is 0.126. The standard InChI is InChI=1S/C20H26N2O2/c1-3-10-11-8-14-17-20(12-6-4-5-7-13(12)21(17)2)9-15(16(11)18(20)23)22(14)19(10)24/h4-7,10-11,14-19,23-24H,3,8-9H2,1-2H3/t10?,11?,14?,15?,16?,17-,18+,19+,20?/m0/s1. The molecule has 5 fully saturated rings. The molecule has 1 aromatic rings. The predicted octanol–water partition coefficient (Wildman–Crippen LogP) is 1.55. The van der Waals surface area contributed by atoms with Gasteiger partial charge in [-0.15, -0.1) is 0 Å². The number of para-hydroxylation sites is 1. The maximum absolute atomic E-state index is 11.6. The highest BCUT2D eigenvalue weighted by molar-refractivity contribution is 5.67. The van der Waals surface area contributed by atoms with Crippen LogP contribution in [0.25, 0.3) is 0 Å². The Morgan fingerprint density at radius 1 is 1.21 bits per heavy atom. The van der Waals surface area contributed by atoms with Crippen molar-refractivity contribution in [2.45, 2.75) is 62.1 Å². The molecule has 4 heteroatoms. The maximum Gasteiger partial charge on any atom is 0.111 e. The summed E-state index contributed by atoms with van der Waals surface area (Å²) in [6, 6.07) is 9.70. The monoisotopic (exact) mass is 326 g/mol. The fourth-order valence-corrected chi connectivity index (χ4v) is 7.88. The maximum atomic E-state index is 11.6. The number of likely N-dealkylation sites (N-methyl/N-ethyl adjacent to an activating group) is 1. The molecule has 0 radical (unpaired) electrons. The van der Waals surface area contributed by atoms with E-state index < -0.39 is 0 Å². The molecule has 0 aromatic heterocycles. The van der Waals surface area contributed by atoms with Crippen molar-refractivity contribution in [1.82, 2.24) is 4.90 Å². The molecule has 1 saturated carbocycles. The van der Waals surface area contributed by atoms with Crippen LogP contribution < -0.4 is 4.90 Å². The molecule has 7 rings (SSSR count). The van der Waals surface area contributed by atoms with Crippen LogP contribution in [0.3, 0.4) is 0 Å². The smallest absolute Gasteiger partial charge is 0.111 e. The van der Waals surface area contributed by atoms with Gasteiger partial charge in [0.1, 0.15) is 6.23 Å². The molecule has 5 heterocycles. The Bertz CT molecular complexity index is 723. The molecule has 7 unspecified atom stereocenters. The van der Waals surface area contributed by atoms with Crippen LogP contribution in [0.15, 0.2) is 24.3 Å². The van der Waals surface area contributed by atoms with Crippen LogP contribution in [-0.2, 0) is 5.41 Å². The highest BCUT2D eigenvalue weighted by Gasteiger charge is 2.76. The number of anilines is 1. The van der Waals surface area contributed by atoms with Gasteiger partial charge in [-0.25, -0.2) is 0 Å². The fraction of sp³-hybridized carbons (Fsp3) is 0.700. The summed E-state index contributed by atoms with van der Waals surface area (Å²) in [4.78, 5) is 4.83. The van der Waals surface area contributed by atoms with Gasteiger partial charge >= 0.3 is 0 Å². The number of rotatable bonds is 1. The molecule has 128 valence electrons. The van der Waals surface area contributed by atoms with Crippen molar-refractivity contribution in [3.05, 3.63) is 29.8 Å². The van der Waals surface area contributed by atoms with Crippen LogP contribution in [0.2, 0.25) is 0 Å². The van der Waals surface area contributed by atoms with E-state index in [4.69, 9.17) is 0 Å². The van der Waals surface area contributed by atoms with Gasteiger partial charge in [0.25, 0.3) is 0 Å². The van der Waals surface area contributed by atoms with E-state index in [9.17, 15) is 10.2 Å². The molecule has 6 aliphatic rings. The molecule has 1 aliphatic carbocycles. The predicted molar refractivity (Wildman–Crippen MR) is 91.7 cm³/mol. The molecule has 1 aromatic carbocycles. The number of aliphatic hydroxyl groups is 2. The highest BCUT2D eigenvalue weighted by atomic mass is 16.3. The molecule has 5 aliphatic heterocycles.